The molecule has 0 spiro atoms. The van der Waals surface area contributed by atoms with Crippen molar-refractivity contribution < 1.29 is 14.0 Å². The predicted molar refractivity (Wildman–Crippen MR) is 106 cm³/mol. The molecule has 1 fully saturated rings. The number of ether oxygens (including phenoxy) is 1. The highest BCUT2D eigenvalue weighted by molar-refractivity contribution is 6.74. The number of carbonyl (C=O) groups is 1. The van der Waals surface area contributed by atoms with Gasteiger partial charge in [0.15, 0.2) is 8.32 Å². The normalized spacial score (nSPS) is 17.3. The molecular formula is C19H40N2O3Si. The lowest BCUT2D eigenvalue weighted by Crippen LogP contribution is -2.45. The molecule has 2 N–H and O–H groups in total. The Balaban J connectivity index is 2.53. The summed E-state index contributed by atoms with van der Waals surface area (Å²) in [6.45, 7) is 18.8. The molecule has 0 heterocycles. The summed E-state index contributed by atoms with van der Waals surface area (Å²) in [6.07, 6.45) is 2.90. The largest absolute Gasteiger partial charge is 0.444 e. The van der Waals surface area contributed by atoms with Crippen LogP contribution in [0.1, 0.15) is 60.8 Å². The molecule has 1 atom stereocenters. The summed E-state index contributed by atoms with van der Waals surface area (Å²) in [5.74, 6) is 0.563. The molecule has 1 aliphatic rings. The van der Waals surface area contributed by atoms with Gasteiger partial charge in [-0.1, -0.05) is 20.8 Å². The van der Waals surface area contributed by atoms with Crippen molar-refractivity contribution in [3.8, 4) is 0 Å². The summed E-state index contributed by atoms with van der Waals surface area (Å²) < 4.78 is 11.8. The van der Waals surface area contributed by atoms with Crippen molar-refractivity contribution in [2.45, 2.75) is 90.6 Å². The Bertz CT molecular complexity index is 437. The lowest BCUT2D eigenvalue weighted by molar-refractivity contribution is 0.0226. The minimum absolute atomic E-state index is 0.0498. The van der Waals surface area contributed by atoms with Crippen molar-refractivity contribution in [1.29, 1.82) is 0 Å². The number of carbonyl (C=O) groups excluding carboxylic acids is 1. The fraction of sp³-hybridized carbons (Fsp3) is 0.947. The fourth-order valence-electron chi connectivity index (χ4n) is 2.31. The highest BCUT2D eigenvalue weighted by Crippen LogP contribution is 2.36. The maximum absolute atomic E-state index is 12.5. The van der Waals surface area contributed by atoms with E-state index in [1.165, 1.54) is 12.8 Å². The number of rotatable bonds is 8. The molecule has 6 heteroatoms. The Morgan fingerprint density at radius 3 is 2.20 bits per heavy atom. The average molecular weight is 373 g/mol. The first-order valence-corrected chi connectivity index (χ1v) is 12.5. The average Bonchev–Trinajstić information content (AvgIpc) is 3.22. The molecule has 0 aromatic carbocycles. The fourth-order valence-corrected chi connectivity index (χ4v) is 3.40. The minimum Gasteiger partial charge on any atom is -0.444 e. The van der Waals surface area contributed by atoms with E-state index in [-0.39, 0.29) is 17.2 Å². The van der Waals surface area contributed by atoms with Crippen LogP contribution in [-0.4, -0.2) is 50.6 Å². The molecule has 1 saturated carbocycles. The van der Waals surface area contributed by atoms with Gasteiger partial charge >= 0.3 is 6.09 Å². The summed E-state index contributed by atoms with van der Waals surface area (Å²) in [4.78, 5) is 14.3. The quantitative estimate of drug-likeness (QED) is 0.507. The molecule has 25 heavy (non-hydrogen) atoms. The van der Waals surface area contributed by atoms with Crippen LogP contribution in [0.15, 0.2) is 0 Å². The van der Waals surface area contributed by atoms with Crippen molar-refractivity contribution >= 4 is 14.4 Å². The molecule has 0 saturated heterocycles. The molecule has 148 valence electrons. The highest BCUT2D eigenvalue weighted by atomic mass is 28.4. The van der Waals surface area contributed by atoms with E-state index < -0.39 is 13.9 Å². The minimum atomic E-state index is -1.74. The van der Waals surface area contributed by atoms with E-state index in [4.69, 9.17) is 14.9 Å². The third-order valence-corrected chi connectivity index (χ3v) is 9.69. The molecule has 1 amide bonds. The monoisotopic (exact) mass is 372 g/mol. The zero-order valence-corrected chi connectivity index (χ0v) is 18.6. The number of hydrogen-bond acceptors (Lipinski definition) is 4. The Kier molecular flexibility index (Phi) is 7.54. The van der Waals surface area contributed by atoms with Crippen LogP contribution in [0.5, 0.6) is 0 Å². The third-order valence-electron chi connectivity index (χ3n) is 5.15. The lowest BCUT2D eigenvalue weighted by Gasteiger charge is -2.36. The summed E-state index contributed by atoms with van der Waals surface area (Å²) in [7, 11) is -1.74. The van der Waals surface area contributed by atoms with Gasteiger partial charge in [0.25, 0.3) is 0 Å². The van der Waals surface area contributed by atoms with Crippen LogP contribution in [0.2, 0.25) is 18.1 Å². The molecule has 0 aliphatic heterocycles. The molecule has 0 bridgehead atoms. The second-order valence-corrected chi connectivity index (χ2v) is 14.7. The summed E-state index contributed by atoms with van der Waals surface area (Å²) >= 11 is 0. The van der Waals surface area contributed by atoms with E-state index in [2.05, 4.69) is 33.9 Å². The topological polar surface area (TPSA) is 64.8 Å². The van der Waals surface area contributed by atoms with E-state index in [0.29, 0.717) is 25.6 Å². The maximum Gasteiger partial charge on any atom is 0.410 e. The molecular weight excluding hydrogens is 332 g/mol. The second kappa shape index (κ2) is 8.40. The number of amides is 1. The van der Waals surface area contributed by atoms with Crippen LogP contribution >= 0.6 is 0 Å². The number of hydrogen-bond donors (Lipinski definition) is 1. The molecule has 0 radical (unpaired) electrons. The van der Waals surface area contributed by atoms with Crippen LogP contribution in [-0.2, 0) is 9.16 Å². The third kappa shape index (κ3) is 8.09. The summed E-state index contributed by atoms with van der Waals surface area (Å²) in [5.41, 5.74) is 5.75. The van der Waals surface area contributed by atoms with Gasteiger partial charge in [0.05, 0.1) is 0 Å². The zero-order chi connectivity index (χ0) is 19.5. The van der Waals surface area contributed by atoms with E-state index in [9.17, 15) is 4.79 Å². The molecule has 0 aromatic rings. The van der Waals surface area contributed by atoms with Crippen molar-refractivity contribution in [2.75, 3.05) is 19.7 Å². The van der Waals surface area contributed by atoms with E-state index in [1.807, 2.05) is 20.8 Å². The first kappa shape index (κ1) is 22.4. The van der Waals surface area contributed by atoms with Gasteiger partial charge < -0.3 is 19.8 Å². The van der Waals surface area contributed by atoms with Gasteiger partial charge in [-0.25, -0.2) is 4.79 Å². The van der Waals surface area contributed by atoms with E-state index >= 15 is 0 Å². The maximum atomic E-state index is 12.5. The molecule has 5 nitrogen and oxygen atoms in total. The molecule has 1 aliphatic carbocycles. The van der Waals surface area contributed by atoms with Crippen molar-refractivity contribution in [1.82, 2.24) is 4.90 Å². The molecule has 0 unspecified atom stereocenters. The summed E-state index contributed by atoms with van der Waals surface area (Å²) in [5, 5.41) is 0.201. The molecule has 0 aromatic heterocycles. The molecule has 1 rings (SSSR count). The first-order chi connectivity index (χ1) is 11.2. The van der Waals surface area contributed by atoms with Gasteiger partial charge in [0.1, 0.15) is 5.60 Å². The van der Waals surface area contributed by atoms with Crippen LogP contribution in [0.25, 0.3) is 0 Å². The predicted octanol–water partition coefficient (Wildman–Crippen LogP) is 4.37. The van der Waals surface area contributed by atoms with E-state index in [1.54, 1.807) is 4.90 Å². The Labute approximate surface area is 155 Å². The van der Waals surface area contributed by atoms with Crippen molar-refractivity contribution in [3.63, 3.8) is 0 Å². The Morgan fingerprint density at radius 2 is 1.76 bits per heavy atom. The zero-order valence-electron chi connectivity index (χ0n) is 17.6. The number of nitrogens with zero attached hydrogens (tertiary/aromatic N) is 1. The Morgan fingerprint density at radius 1 is 1.20 bits per heavy atom. The van der Waals surface area contributed by atoms with Gasteiger partial charge in [-0.2, -0.15) is 0 Å². The first-order valence-electron chi connectivity index (χ1n) is 9.60. The Hall–Kier alpha value is -0.593. The van der Waals surface area contributed by atoms with Gasteiger partial charge in [-0.05, 0) is 64.1 Å². The lowest BCUT2D eigenvalue weighted by atomic mass is 10.2. The second-order valence-electron chi connectivity index (χ2n) is 9.89. The SMILES string of the molecule is CC(C)(C)OC(=O)N(CCCO[Si](C)(C)C(C)(C)C)C[C@H](N)C1CC1. The van der Waals surface area contributed by atoms with Crippen LogP contribution in [0, 0.1) is 5.92 Å². The van der Waals surface area contributed by atoms with Crippen LogP contribution in [0.3, 0.4) is 0 Å². The van der Waals surface area contributed by atoms with Crippen molar-refractivity contribution in [2.24, 2.45) is 11.7 Å². The van der Waals surface area contributed by atoms with Gasteiger partial charge in [-0.3, -0.25) is 0 Å². The van der Waals surface area contributed by atoms with Gasteiger partial charge in [0.2, 0.25) is 0 Å². The standard InChI is InChI=1S/C19H40N2O3Si/c1-18(2,3)24-17(22)21(14-16(20)15-10-11-15)12-9-13-23-25(7,8)19(4,5)6/h15-16H,9-14,20H2,1-8H3/t16-/m0/s1. The van der Waals surface area contributed by atoms with Crippen molar-refractivity contribution in [3.05, 3.63) is 0 Å². The van der Waals surface area contributed by atoms with E-state index in [0.717, 1.165) is 6.42 Å². The number of nitrogens with two attached hydrogens (primary N) is 1. The highest BCUT2D eigenvalue weighted by Gasteiger charge is 2.37. The smallest absolute Gasteiger partial charge is 0.410 e. The van der Waals surface area contributed by atoms with Gasteiger partial charge in [0, 0.05) is 25.7 Å². The van der Waals surface area contributed by atoms with Crippen LogP contribution in [0.4, 0.5) is 4.79 Å². The summed E-state index contributed by atoms with van der Waals surface area (Å²) in [6, 6.07) is 0.0498. The van der Waals surface area contributed by atoms with Gasteiger partial charge in [-0.15, -0.1) is 0 Å². The van der Waals surface area contributed by atoms with Crippen LogP contribution < -0.4 is 5.73 Å².